The third kappa shape index (κ3) is 3.89. The first-order chi connectivity index (χ1) is 12.3. The fourth-order valence-corrected chi connectivity index (χ4v) is 3.29. The Balaban J connectivity index is 2.27. The van der Waals surface area contributed by atoms with E-state index in [2.05, 4.69) is 0 Å². The van der Waals surface area contributed by atoms with E-state index in [4.69, 9.17) is 15.2 Å². The Morgan fingerprint density at radius 1 is 1.19 bits per heavy atom. The molecule has 0 atom stereocenters. The number of amides is 2. The molecule has 8 heteroatoms. The van der Waals surface area contributed by atoms with Gasteiger partial charge in [0.05, 0.1) is 7.11 Å². The van der Waals surface area contributed by atoms with Crippen molar-refractivity contribution in [3.63, 3.8) is 0 Å². The molecule has 142 valence electrons. The number of rotatable bonds is 7. The topological polar surface area (TPSA) is 119 Å². The lowest BCUT2D eigenvalue weighted by Gasteiger charge is -2.41. The predicted octanol–water partition coefficient (Wildman–Crippen LogP) is 1.42. The predicted molar refractivity (Wildman–Crippen MR) is 93.2 cm³/mol. The number of carbonyl (C=O) groups excluding carboxylic acids is 2. The summed E-state index contributed by atoms with van der Waals surface area (Å²) in [6.45, 7) is -0.314. The normalized spacial score (nSPS) is 15.8. The average molecular weight is 364 g/mol. The van der Waals surface area contributed by atoms with Crippen LogP contribution < -0.4 is 15.2 Å². The summed E-state index contributed by atoms with van der Waals surface area (Å²) in [7, 11) is 2.93. The van der Waals surface area contributed by atoms with Crippen LogP contribution in [0.25, 0.3) is 0 Å². The maximum absolute atomic E-state index is 12.9. The first-order valence-corrected chi connectivity index (χ1v) is 8.42. The van der Waals surface area contributed by atoms with Gasteiger partial charge in [-0.15, -0.1) is 0 Å². The molecule has 1 aromatic carbocycles. The Morgan fingerprint density at radius 2 is 1.85 bits per heavy atom. The van der Waals surface area contributed by atoms with Gasteiger partial charge in [0.25, 0.3) is 11.8 Å². The van der Waals surface area contributed by atoms with Gasteiger partial charge in [0.1, 0.15) is 5.54 Å². The van der Waals surface area contributed by atoms with Crippen molar-refractivity contribution in [3.8, 4) is 11.5 Å². The summed E-state index contributed by atoms with van der Waals surface area (Å²) in [4.78, 5) is 37.0. The van der Waals surface area contributed by atoms with E-state index in [1.54, 1.807) is 0 Å². The quantitative estimate of drug-likeness (QED) is 0.755. The molecule has 26 heavy (non-hydrogen) atoms. The molecule has 0 unspecified atom stereocenters. The Hall–Kier alpha value is -2.77. The van der Waals surface area contributed by atoms with Crippen LogP contribution >= 0.6 is 0 Å². The summed E-state index contributed by atoms with van der Waals surface area (Å²) in [5.74, 6) is -1.49. The van der Waals surface area contributed by atoms with Gasteiger partial charge in [-0.2, -0.15) is 0 Å². The van der Waals surface area contributed by atoms with Crippen molar-refractivity contribution in [3.05, 3.63) is 23.8 Å². The molecule has 1 aliphatic rings. The number of benzene rings is 1. The molecule has 0 heterocycles. The minimum absolute atomic E-state index is 0.263. The number of methoxy groups -OCH3 is 1. The van der Waals surface area contributed by atoms with Crippen LogP contribution in [0.4, 0.5) is 0 Å². The van der Waals surface area contributed by atoms with Crippen LogP contribution in [0.2, 0.25) is 0 Å². The molecule has 2 amide bonds. The van der Waals surface area contributed by atoms with Gasteiger partial charge in [0.2, 0.25) is 0 Å². The van der Waals surface area contributed by atoms with Gasteiger partial charge in [-0.3, -0.25) is 9.59 Å². The van der Waals surface area contributed by atoms with Crippen molar-refractivity contribution >= 4 is 17.8 Å². The van der Waals surface area contributed by atoms with Crippen LogP contribution in [0.5, 0.6) is 11.5 Å². The monoisotopic (exact) mass is 364 g/mol. The highest BCUT2D eigenvalue weighted by Crippen LogP contribution is 2.35. The lowest BCUT2D eigenvalue weighted by atomic mass is 9.80. The van der Waals surface area contributed by atoms with Crippen molar-refractivity contribution in [2.45, 2.75) is 37.6 Å². The number of ether oxygens (including phenoxy) is 2. The standard InChI is InChI=1S/C18H24N2O6/c1-20(18(17(23)24)8-4-3-5-9-18)16(22)12-6-7-13(14(10-12)25-2)26-11-15(19)21/h6-7,10H,3-5,8-9,11H2,1-2H3,(H2,19,21)(H,23,24). The Morgan fingerprint density at radius 3 is 2.38 bits per heavy atom. The molecule has 1 aromatic rings. The van der Waals surface area contributed by atoms with Gasteiger partial charge >= 0.3 is 5.97 Å². The second-order valence-corrected chi connectivity index (χ2v) is 6.38. The fraction of sp³-hybridized carbons (Fsp3) is 0.500. The van der Waals surface area contributed by atoms with Gasteiger partial charge in [-0.05, 0) is 31.0 Å². The van der Waals surface area contributed by atoms with E-state index in [0.29, 0.717) is 12.8 Å². The Kier molecular flexibility index (Phi) is 6.07. The summed E-state index contributed by atoms with van der Waals surface area (Å²) < 4.78 is 10.4. The molecule has 0 radical (unpaired) electrons. The molecule has 1 saturated carbocycles. The van der Waals surface area contributed by atoms with Gasteiger partial charge in [-0.1, -0.05) is 19.3 Å². The number of hydrogen-bond acceptors (Lipinski definition) is 5. The third-order valence-corrected chi connectivity index (χ3v) is 4.81. The highest BCUT2D eigenvalue weighted by molar-refractivity contribution is 5.98. The second-order valence-electron chi connectivity index (χ2n) is 6.38. The number of hydrogen-bond donors (Lipinski definition) is 2. The third-order valence-electron chi connectivity index (χ3n) is 4.81. The van der Waals surface area contributed by atoms with Crippen LogP contribution in [-0.2, 0) is 9.59 Å². The fourth-order valence-electron chi connectivity index (χ4n) is 3.29. The Bertz CT molecular complexity index is 697. The molecule has 0 saturated heterocycles. The van der Waals surface area contributed by atoms with Crippen LogP contribution in [0.15, 0.2) is 18.2 Å². The molecule has 0 aliphatic heterocycles. The maximum Gasteiger partial charge on any atom is 0.329 e. The van der Waals surface area contributed by atoms with E-state index < -0.39 is 23.3 Å². The zero-order chi connectivity index (χ0) is 19.3. The van der Waals surface area contributed by atoms with Crippen molar-refractivity contribution in [2.75, 3.05) is 20.8 Å². The Labute approximate surface area is 151 Å². The van der Waals surface area contributed by atoms with Crippen LogP contribution in [0, 0.1) is 0 Å². The van der Waals surface area contributed by atoms with E-state index in [9.17, 15) is 19.5 Å². The van der Waals surface area contributed by atoms with Crippen molar-refractivity contribution in [2.24, 2.45) is 5.73 Å². The van der Waals surface area contributed by atoms with Crippen molar-refractivity contribution < 1.29 is 29.0 Å². The van der Waals surface area contributed by atoms with Gasteiger partial charge in [-0.25, -0.2) is 4.79 Å². The number of nitrogens with two attached hydrogens (primary N) is 1. The molecule has 1 fully saturated rings. The van der Waals surface area contributed by atoms with Gasteiger partial charge < -0.3 is 25.2 Å². The number of carbonyl (C=O) groups is 3. The largest absolute Gasteiger partial charge is 0.493 e. The number of carboxylic acids is 1. The zero-order valence-corrected chi connectivity index (χ0v) is 15.0. The number of carboxylic acid groups (broad SMARTS) is 1. The molecule has 0 bridgehead atoms. The minimum Gasteiger partial charge on any atom is -0.493 e. The second kappa shape index (κ2) is 8.07. The minimum atomic E-state index is -1.19. The molecule has 1 aliphatic carbocycles. The van der Waals surface area contributed by atoms with Crippen molar-refractivity contribution in [1.82, 2.24) is 4.90 Å². The number of nitrogens with zero attached hydrogens (tertiary/aromatic N) is 1. The van der Waals surface area contributed by atoms with E-state index >= 15 is 0 Å². The van der Waals surface area contributed by atoms with Crippen LogP contribution in [-0.4, -0.2) is 54.1 Å². The first kappa shape index (κ1) is 19.6. The average Bonchev–Trinajstić information content (AvgIpc) is 2.65. The number of aliphatic carboxylic acids is 1. The molecule has 2 rings (SSSR count). The molecule has 8 nitrogen and oxygen atoms in total. The van der Waals surface area contributed by atoms with E-state index in [-0.39, 0.29) is 23.7 Å². The molecule has 3 N–H and O–H groups in total. The van der Waals surface area contributed by atoms with Gasteiger partial charge in [0, 0.05) is 12.6 Å². The maximum atomic E-state index is 12.9. The summed E-state index contributed by atoms with van der Waals surface area (Å²) >= 11 is 0. The molecular formula is C18H24N2O6. The summed E-state index contributed by atoms with van der Waals surface area (Å²) in [6.07, 6.45) is 3.38. The van der Waals surface area contributed by atoms with Crippen LogP contribution in [0.3, 0.4) is 0 Å². The highest BCUT2D eigenvalue weighted by atomic mass is 16.5. The number of likely N-dealkylation sites (N-methyl/N-ethyl adjacent to an activating group) is 1. The summed E-state index contributed by atoms with van der Waals surface area (Å²) in [5.41, 5.74) is 4.14. The highest BCUT2D eigenvalue weighted by Gasteiger charge is 2.45. The molecular weight excluding hydrogens is 340 g/mol. The van der Waals surface area contributed by atoms with Crippen molar-refractivity contribution in [1.29, 1.82) is 0 Å². The van der Waals surface area contributed by atoms with E-state index in [1.807, 2.05) is 0 Å². The van der Waals surface area contributed by atoms with Gasteiger partial charge in [0.15, 0.2) is 18.1 Å². The van der Waals surface area contributed by atoms with E-state index in [0.717, 1.165) is 19.3 Å². The summed E-state index contributed by atoms with van der Waals surface area (Å²) in [6, 6.07) is 4.47. The lowest BCUT2D eigenvalue weighted by Crippen LogP contribution is -2.56. The first-order valence-electron chi connectivity index (χ1n) is 8.42. The molecule has 0 aromatic heterocycles. The molecule has 0 spiro atoms. The summed E-state index contributed by atoms with van der Waals surface area (Å²) in [5, 5.41) is 9.74. The number of primary amides is 1. The smallest absolute Gasteiger partial charge is 0.329 e. The SMILES string of the molecule is COc1cc(C(=O)N(C)C2(C(=O)O)CCCCC2)ccc1OCC(N)=O. The zero-order valence-electron chi connectivity index (χ0n) is 15.0. The van der Waals surface area contributed by atoms with Crippen LogP contribution in [0.1, 0.15) is 42.5 Å². The van der Waals surface area contributed by atoms with E-state index in [1.165, 1.54) is 37.3 Å². The lowest BCUT2D eigenvalue weighted by molar-refractivity contribution is -0.151.